The lowest BCUT2D eigenvalue weighted by molar-refractivity contribution is 0.0182. The molecule has 0 unspecified atom stereocenters. The molecule has 1 N–H and O–H groups in total. The third-order valence-electron chi connectivity index (χ3n) is 2.09. The Morgan fingerprint density at radius 3 is 3.00 bits per heavy atom. The molecule has 16 heavy (non-hydrogen) atoms. The molecule has 90 valence electrons. The summed E-state index contributed by atoms with van der Waals surface area (Å²) in [6.07, 6.45) is 0.185. The predicted octanol–water partition coefficient (Wildman–Crippen LogP) is 1.47. The predicted molar refractivity (Wildman–Crippen MR) is 51.5 cm³/mol. The SMILES string of the molecule is FC(F)COCCc1noc(NC2CC2)n1. The molecule has 0 atom stereocenters. The topological polar surface area (TPSA) is 60.2 Å². The highest BCUT2D eigenvalue weighted by atomic mass is 19.3. The summed E-state index contributed by atoms with van der Waals surface area (Å²) in [4.78, 5) is 4.05. The smallest absolute Gasteiger partial charge is 0.321 e. The number of anilines is 1. The average Bonchev–Trinajstić information content (AvgIpc) is 2.92. The van der Waals surface area contributed by atoms with Crippen LogP contribution in [-0.4, -0.2) is 35.8 Å². The minimum Gasteiger partial charge on any atom is -0.375 e. The van der Waals surface area contributed by atoms with Crippen LogP contribution in [0.1, 0.15) is 18.7 Å². The molecule has 0 bridgehead atoms. The molecule has 0 aromatic carbocycles. The Labute approximate surface area is 91.2 Å². The maximum absolute atomic E-state index is 11.7. The van der Waals surface area contributed by atoms with E-state index in [9.17, 15) is 8.78 Å². The highest BCUT2D eigenvalue weighted by Gasteiger charge is 2.23. The van der Waals surface area contributed by atoms with E-state index in [0.29, 0.717) is 24.3 Å². The molecule has 0 amide bonds. The lowest BCUT2D eigenvalue weighted by Gasteiger charge is -1.99. The third-order valence-corrected chi connectivity index (χ3v) is 2.09. The van der Waals surface area contributed by atoms with E-state index in [1.54, 1.807) is 0 Å². The summed E-state index contributed by atoms with van der Waals surface area (Å²) in [5, 5.41) is 6.74. The van der Waals surface area contributed by atoms with Crippen LogP contribution in [0.5, 0.6) is 0 Å². The molecule has 7 heteroatoms. The minimum atomic E-state index is -2.43. The molecule has 1 aliphatic carbocycles. The lowest BCUT2D eigenvalue weighted by Crippen LogP contribution is -2.07. The van der Waals surface area contributed by atoms with E-state index in [-0.39, 0.29) is 6.61 Å². The van der Waals surface area contributed by atoms with Crippen molar-refractivity contribution in [1.82, 2.24) is 10.1 Å². The first-order valence-corrected chi connectivity index (χ1v) is 5.19. The highest BCUT2D eigenvalue weighted by Crippen LogP contribution is 2.23. The zero-order valence-corrected chi connectivity index (χ0v) is 8.66. The van der Waals surface area contributed by atoms with Crippen LogP contribution >= 0.6 is 0 Å². The average molecular weight is 233 g/mol. The summed E-state index contributed by atoms with van der Waals surface area (Å²) in [5.74, 6) is 0.470. The number of hydrogen-bond acceptors (Lipinski definition) is 5. The van der Waals surface area contributed by atoms with Gasteiger partial charge in [-0.1, -0.05) is 5.16 Å². The number of hydrogen-bond donors (Lipinski definition) is 1. The van der Waals surface area contributed by atoms with E-state index >= 15 is 0 Å². The van der Waals surface area contributed by atoms with Crippen molar-refractivity contribution in [2.75, 3.05) is 18.5 Å². The van der Waals surface area contributed by atoms with E-state index in [2.05, 4.69) is 15.5 Å². The number of halogens is 2. The molecule has 0 radical (unpaired) electrons. The zero-order valence-electron chi connectivity index (χ0n) is 8.66. The van der Waals surface area contributed by atoms with Crippen molar-refractivity contribution in [2.45, 2.75) is 31.7 Å². The molecule has 1 aromatic heterocycles. The first-order valence-electron chi connectivity index (χ1n) is 5.19. The van der Waals surface area contributed by atoms with Crippen molar-refractivity contribution in [1.29, 1.82) is 0 Å². The fraction of sp³-hybridized carbons (Fsp3) is 0.778. The number of nitrogens with zero attached hydrogens (tertiary/aromatic N) is 2. The molecule has 0 spiro atoms. The summed E-state index contributed by atoms with van der Waals surface area (Å²) in [5.41, 5.74) is 0. The highest BCUT2D eigenvalue weighted by molar-refractivity contribution is 5.23. The maximum Gasteiger partial charge on any atom is 0.321 e. The Hall–Kier alpha value is -1.24. The maximum atomic E-state index is 11.7. The fourth-order valence-corrected chi connectivity index (χ4v) is 1.15. The molecule has 2 rings (SSSR count). The van der Waals surface area contributed by atoms with Crippen molar-refractivity contribution in [3.63, 3.8) is 0 Å². The van der Waals surface area contributed by atoms with Gasteiger partial charge in [-0.25, -0.2) is 8.78 Å². The van der Waals surface area contributed by atoms with Gasteiger partial charge in [0.2, 0.25) is 0 Å². The van der Waals surface area contributed by atoms with Crippen molar-refractivity contribution >= 4 is 6.01 Å². The molecule has 1 saturated carbocycles. The van der Waals surface area contributed by atoms with E-state index in [0.717, 1.165) is 12.8 Å². The fourth-order valence-electron chi connectivity index (χ4n) is 1.15. The molecule has 1 fully saturated rings. The quantitative estimate of drug-likeness (QED) is 0.722. The molecular formula is C9H13F2N3O2. The van der Waals surface area contributed by atoms with Gasteiger partial charge in [0.1, 0.15) is 6.61 Å². The zero-order chi connectivity index (χ0) is 11.4. The van der Waals surface area contributed by atoms with Crippen LogP contribution in [0.2, 0.25) is 0 Å². The number of nitrogens with one attached hydrogen (secondary N) is 1. The Balaban J connectivity index is 1.66. The van der Waals surface area contributed by atoms with Crippen molar-refractivity contribution in [2.24, 2.45) is 0 Å². The van der Waals surface area contributed by atoms with Crippen LogP contribution in [0.25, 0.3) is 0 Å². The molecular weight excluding hydrogens is 220 g/mol. The first-order chi connectivity index (χ1) is 7.74. The molecule has 0 saturated heterocycles. The monoisotopic (exact) mass is 233 g/mol. The summed E-state index contributed by atoms with van der Waals surface area (Å²) in [7, 11) is 0. The van der Waals surface area contributed by atoms with E-state index < -0.39 is 13.0 Å². The van der Waals surface area contributed by atoms with Gasteiger partial charge in [0.05, 0.1) is 6.61 Å². The van der Waals surface area contributed by atoms with Gasteiger partial charge in [0.15, 0.2) is 5.82 Å². The Bertz CT molecular complexity index is 328. The number of alkyl halides is 2. The van der Waals surface area contributed by atoms with Gasteiger partial charge in [-0.05, 0) is 12.8 Å². The Kier molecular flexibility index (Phi) is 3.66. The second-order valence-electron chi connectivity index (χ2n) is 3.65. The van der Waals surface area contributed by atoms with Gasteiger partial charge in [-0.3, -0.25) is 0 Å². The van der Waals surface area contributed by atoms with Crippen molar-refractivity contribution < 1.29 is 18.0 Å². The summed E-state index contributed by atoms with van der Waals surface area (Å²) < 4.78 is 33.1. The number of ether oxygens (including phenoxy) is 1. The third kappa shape index (κ3) is 3.73. The van der Waals surface area contributed by atoms with Crippen LogP contribution in [0.15, 0.2) is 4.52 Å². The minimum absolute atomic E-state index is 0.173. The van der Waals surface area contributed by atoms with Crippen LogP contribution in [0, 0.1) is 0 Å². The summed E-state index contributed by atoms with van der Waals surface area (Å²) >= 11 is 0. The van der Waals surface area contributed by atoms with Crippen LogP contribution < -0.4 is 5.32 Å². The standard InChI is InChI=1S/C9H13F2N3O2/c10-7(11)5-15-4-3-8-13-9(16-14-8)12-6-1-2-6/h6-7H,1-5H2,(H,12,13,14). The Morgan fingerprint density at radius 2 is 2.31 bits per heavy atom. The molecule has 0 aliphatic heterocycles. The normalized spacial score (nSPS) is 15.7. The van der Waals surface area contributed by atoms with E-state index in [1.807, 2.05) is 0 Å². The van der Waals surface area contributed by atoms with E-state index in [4.69, 9.17) is 9.26 Å². The van der Waals surface area contributed by atoms with Gasteiger partial charge < -0.3 is 14.6 Å². The first kappa shape index (κ1) is 11.3. The molecule has 1 heterocycles. The van der Waals surface area contributed by atoms with Gasteiger partial charge in [0.25, 0.3) is 6.43 Å². The number of aromatic nitrogens is 2. The van der Waals surface area contributed by atoms with Crippen LogP contribution in [0.3, 0.4) is 0 Å². The molecule has 5 nitrogen and oxygen atoms in total. The molecule has 1 aromatic rings. The van der Waals surface area contributed by atoms with Crippen molar-refractivity contribution in [3.05, 3.63) is 5.82 Å². The largest absolute Gasteiger partial charge is 0.375 e. The van der Waals surface area contributed by atoms with Crippen LogP contribution in [0.4, 0.5) is 14.8 Å². The van der Waals surface area contributed by atoms with Crippen molar-refractivity contribution in [3.8, 4) is 0 Å². The second kappa shape index (κ2) is 5.20. The van der Waals surface area contributed by atoms with Gasteiger partial charge in [0, 0.05) is 12.5 Å². The summed E-state index contributed by atoms with van der Waals surface area (Å²) in [6, 6.07) is 0.842. The van der Waals surface area contributed by atoms with Crippen LogP contribution in [-0.2, 0) is 11.2 Å². The molecule has 1 aliphatic rings. The second-order valence-corrected chi connectivity index (χ2v) is 3.65. The Morgan fingerprint density at radius 1 is 1.50 bits per heavy atom. The van der Waals surface area contributed by atoms with Gasteiger partial charge in [-0.15, -0.1) is 0 Å². The lowest BCUT2D eigenvalue weighted by atomic mass is 10.4. The van der Waals surface area contributed by atoms with Gasteiger partial charge in [-0.2, -0.15) is 4.98 Å². The van der Waals surface area contributed by atoms with E-state index in [1.165, 1.54) is 0 Å². The van der Waals surface area contributed by atoms with Gasteiger partial charge >= 0.3 is 6.01 Å². The summed E-state index contributed by atoms with van der Waals surface area (Å²) in [6.45, 7) is -0.377. The number of rotatable bonds is 7.